The molecule has 0 aliphatic carbocycles. The predicted molar refractivity (Wildman–Crippen MR) is 43.1 cm³/mol. The van der Waals surface area contributed by atoms with Crippen molar-refractivity contribution < 1.29 is 4.79 Å². The van der Waals surface area contributed by atoms with Gasteiger partial charge in [0, 0.05) is 7.05 Å². The molecule has 68 valence electrons. The second kappa shape index (κ2) is 4.21. The van der Waals surface area contributed by atoms with Gasteiger partial charge in [-0.3, -0.25) is 9.48 Å². The minimum Gasteiger partial charge on any atom is -0.348 e. The van der Waals surface area contributed by atoms with Gasteiger partial charge in [0.05, 0.1) is 12.6 Å². The van der Waals surface area contributed by atoms with E-state index in [4.69, 9.17) is 5.26 Å². The SMILES string of the molecule is Cn1cnc(CNC(=O)CC#N)n1. The molecule has 0 radical (unpaired) electrons. The first kappa shape index (κ1) is 9.19. The summed E-state index contributed by atoms with van der Waals surface area (Å²) in [5, 5.41) is 14.7. The molecule has 1 rings (SSSR count). The largest absolute Gasteiger partial charge is 0.348 e. The van der Waals surface area contributed by atoms with Crippen molar-refractivity contribution in [1.29, 1.82) is 5.26 Å². The second-order valence-electron chi connectivity index (χ2n) is 2.45. The zero-order valence-electron chi connectivity index (χ0n) is 7.19. The average molecular weight is 179 g/mol. The number of amides is 1. The number of aromatic nitrogens is 3. The number of nitriles is 1. The van der Waals surface area contributed by atoms with Gasteiger partial charge in [0.15, 0.2) is 5.82 Å². The van der Waals surface area contributed by atoms with Crippen LogP contribution in [0.2, 0.25) is 0 Å². The van der Waals surface area contributed by atoms with E-state index in [1.807, 2.05) is 0 Å². The van der Waals surface area contributed by atoms with Crippen LogP contribution in [0.4, 0.5) is 0 Å². The highest BCUT2D eigenvalue weighted by molar-refractivity contribution is 5.77. The van der Waals surface area contributed by atoms with Crippen LogP contribution in [0.5, 0.6) is 0 Å². The second-order valence-corrected chi connectivity index (χ2v) is 2.45. The van der Waals surface area contributed by atoms with Crippen LogP contribution >= 0.6 is 0 Å². The number of aryl methyl sites for hydroxylation is 1. The lowest BCUT2D eigenvalue weighted by Crippen LogP contribution is -2.22. The predicted octanol–water partition coefficient (Wildman–Crippen LogP) is -0.655. The summed E-state index contributed by atoms with van der Waals surface area (Å²) in [4.78, 5) is 14.7. The summed E-state index contributed by atoms with van der Waals surface area (Å²) in [5.41, 5.74) is 0. The third-order valence-corrected chi connectivity index (χ3v) is 1.33. The molecule has 0 aliphatic rings. The van der Waals surface area contributed by atoms with Gasteiger partial charge in [0.2, 0.25) is 5.91 Å². The molecule has 0 fully saturated rings. The lowest BCUT2D eigenvalue weighted by molar-refractivity contribution is -0.120. The summed E-state index contributed by atoms with van der Waals surface area (Å²) < 4.78 is 1.55. The molecule has 6 nitrogen and oxygen atoms in total. The van der Waals surface area contributed by atoms with E-state index < -0.39 is 0 Å². The molecule has 1 N–H and O–H groups in total. The Morgan fingerprint density at radius 2 is 2.62 bits per heavy atom. The van der Waals surface area contributed by atoms with Gasteiger partial charge in [-0.05, 0) is 0 Å². The van der Waals surface area contributed by atoms with Crippen LogP contribution in [0, 0.1) is 11.3 Å². The van der Waals surface area contributed by atoms with Crippen molar-refractivity contribution in [2.24, 2.45) is 7.05 Å². The van der Waals surface area contributed by atoms with Gasteiger partial charge in [0.1, 0.15) is 12.7 Å². The Morgan fingerprint density at radius 1 is 1.85 bits per heavy atom. The van der Waals surface area contributed by atoms with Crippen LogP contribution in [0.3, 0.4) is 0 Å². The van der Waals surface area contributed by atoms with Crippen LogP contribution in [-0.4, -0.2) is 20.7 Å². The van der Waals surface area contributed by atoms with Gasteiger partial charge in [-0.1, -0.05) is 0 Å². The Morgan fingerprint density at radius 3 is 3.15 bits per heavy atom. The lowest BCUT2D eigenvalue weighted by atomic mass is 10.4. The summed E-state index contributed by atoms with van der Waals surface area (Å²) >= 11 is 0. The van der Waals surface area contributed by atoms with Crippen molar-refractivity contribution >= 4 is 5.91 Å². The molecule has 6 heteroatoms. The third-order valence-electron chi connectivity index (χ3n) is 1.33. The lowest BCUT2D eigenvalue weighted by Gasteiger charge is -1.96. The molecule has 1 heterocycles. The van der Waals surface area contributed by atoms with E-state index in [0.29, 0.717) is 5.82 Å². The molecule has 0 unspecified atom stereocenters. The Labute approximate surface area is 75.2 Å². The molecule has 1 aromatic heterocycles. The van der Waals surface area contributed by atoms with Crippen LogP contribution in [0.25, 0.3) is 0 Å². The van der Waals surface area contributed by atoms with Crippen molar-refractivity contribution in [3.05, 3.63) is 12.2 Å². The molecular formula is C7H9N5O. The fourth-order valence-electron chi connectivity index (χ4n) is 0.777. The molecule has 0 saturated heterocycles. The van der Waals surface area contributed by atoms with Gasteiger partial charge in [-0.25, -0.2) is 4.98 Å². The fraction of sp³-hybridized carbons (Fsp3) is 0.429. The number of nitrogens with one attached hydrogen (secondary N) is 1. The zero-order chi connectivity index (χ0) is 9.68. The topological polar surface area (TPSA) is 83.6 Å². The van der Waals surface area contributed by atoms with E-state index in [1.165, 1.54) is 0 Å². The molecular weight excluding hydrogens is 170 g/mol. The summed E-state index contributed by atoms with van der Waals surface area (Å²) in [6.07, 6.45) is 1.42. The number of rotatable bonds is 3. The van der Waals surface area contributed by atoms with E-state index in [-0.39, 0.29) is 18.9 Å². The van der Waals surface area contributed by atoms with E-state index >= 15 is 0 Å². The monoisotopic (exact) mass is 179 g/mol. The molecule has 13 heavy (non-hydrogen) atoms. The first-order valence-corrected chi connectivity index (χ1v) is 3.70. The molecule has 0 bridgehead atoms. The van der Waals surface area contributed by atoms with Crippen LogP contribution in [0.1, 0.15) is 12.2 Å². The van der Waals surface area contributed by atoms with Crippen molar-refractivity contribution in [2.75, 3.05) is 0 Å². The molecule has 0 aromatic carbocycles. The van der Waals surface area contributed by atoms with Crippen LogP contribution in [-0.2, 0) is 18.4 Å². The first-order valence-electron chi connectivity index (χ1n) is 3.70. The first-order chi connectivity index (χ1) is 6.22. The molecule has 0 aliphatic heterocycles. The molecule has 1 aromatic rings. The zero-order valence-corrected chi connectivity index (χ0v) is 7.19. The van der Waals surface area contributed by atoms with Crippen molar-refractivity contribution in [3.63, 3.8) is 0 Å². The van der Waals surface area contributed by atoms with E-state index in [1.54, 1.807) is 24.1 Å². The Balaban J connectivity index is 2.36. The van der Waals surface area contributed by atoms with E-state index in [9.17, 15) is 4.79 Å². The normalized spacial score (nSPS) is 9.23. The number of carbonyl (C=O) groups excluding carboxylic acids is 1. The highest BCUT2D eigenvalue weighted by Crippen LogP contribution is 1.87. The Bertz CT molecular complexity index is 337. The fourth-order valence-corrected chi connectivity index (χ4v) is 0.777. The maximum absolute atomic E-state index is 10.8. The quantitative estimate of drug-likeness (QED) is 0.668. The molecule has 0 spiro atoms. The average Bonchev–Trinajstić information content (AvgIpc) is 2.49. The summed E-state index contributed by atoms with van der Waals surface area (Å²) in [6.45, 7) is 0.265. The number of carbonyl (C=O) groups is 1. The number of hydrogen-bond donors (Lipinski definition) is 1. The number of nitrogens with zero attached hydrogens (tertiary/aromatic N) is 4. The molecule has 1 amide bonds. The van der Waals surface area contributed by atoms with Crippen molar-refractivity contribution in [2.45, 2.75) is 13.0 Å². The smallest absolute Gasteiger partial charge is 0.234 e. The van der Waals surface area contributed by atoms with Gasteiger partial charge in [-0.2, -0.15) is 10.4 Å². The van der Waals surface area contributed by atoms with Crippen molar-refractivity contribution in [3.8, 4) is 6.07 Å². The Kier molecular flexibility index (Phi) is 2.97. The summed E-state index contributed by atoms with van der Waals surface area (Å²) in [6, 6.07) is 1.75. The minimum atomic E-state index is -0.310. The standard InChI is InChI=1S/C7H9N5O/c1-12-5-10-6(11-12)4-9-7(13)2-3-8/h5H,2,4H2,1H3,(H,9,13). The Hall–Kier alpha value is -1.90. The highest BCUT2D eigenvalue weighted by Gasteiger charge is 2.02. The molecule has 0 atom stereocenters. The maximum Gasteiger partial charge on any atom is 0.234 e. The van der Waals surface area contributed by atoms with E-state index in [2.05, 4.69) is 15.4 Å². The van der Waals surface area contributed by atoms with Gasteiger partial charge >= 0.3 is 0 Å². The summed E-state index contributed by atoms with van der Waals surface area (Å²) in [7, 11) is 1.74. The number of hydrogen-bond acceptors (Lipinski definition) is 4. The van der Waals surface area contributed by atoms with Gasteiger partial charge in [0.25, 0.3) is 0 Å². The van der Waals surface area contributed by atoms with Crippen LogP contribution < -0.4 is 5.32 Å². The third kappa shape index (κ3) is 2.91. The summed E-state index contributed by atoms with van der Waals surface area (Å²) in [5.74, 6) is 0.226. The highest BCUT2D eigenvalue weighted by atomic mass is 16.1. The van der Waals surface area contributed by atoms with Crippen molar-refractivity contribution in [1.82, 2.24) is 20.1 Å². The van der Waals surface area contributed by atoms with Crippen LogP contribution in [0.15, 0.2) is 6.33 Å². The van der Waals surface area contributed by atoms with Gasteiger partial charge in [-0.15, -0.1) is 0 Å². The molecule has 0 saturated carbocycles. The minimum absolute atomic E-state index is 0.132. The maximum atomic E-state index is 10.8. The van der Waals surface area contributed by atoms with Gasteiger partial charge < -0.3 is 5.32 Å². The van der Waals surface area contributed by atoms with E-state index in [0.717, 1.165) is 0 Å².